The maximum atomic E-state index is 11.4. The molecule has 0 saturated carbocycles. The van der Waals surface area contributed by atoms with Crippen LogP contribution in [0.4, 0.5) is 0 Å². The minimum atomic E-state index is -1.23. The number of aliphatic carboxylic acids is 1. The summed E-state index contributed by atoms with van der Waals surface area (Å²) in [6, 6.07) is -2.72. The quantitative estimate of drug-likeness (QED) is 0.0994. The predicted molar refractivity (Wildman–Crippen MR) is 113 cm³/mol. The minimum absolute atomic E-state index is 0.318. The molecular weight excluding hydrogens is 418 g/mol. The van der Waals surface area contributed by atoms with Crippen LogP contribution in [0.3, 0.4) is 0 Å². The molecule has 0 aliphatic heterocycles. The first-order valence-corrected chi connectivity index (χ1v) is 10.7. The molecule has 12 nitrogen and oxygen atoms in total. The van der Waals surface area contributed by atoms with Gasteiger partial charge in [0.2, 0.25) is 0 Å². The lowest BCUT2D eigenvalue weighted by molar-refractivity contribution is -0.160. The predicted octanol–water partition coefficient (Wildman–Crippen LogP) is -2.12. The van der Waals surface area contributed by atoms with E-state index in [9.17, 15) is 19.2 Å². The van der Waals surface area contributed by atoms with Gasteiger partial charge in [-0.15, -0.1) is 0 Å². The van der Waals surface area contributed by atoms with Crippen LogP contribution in [0.1, 0.15) is 32.6 Å². The second-order valence-electron chi connectivity index (χ2n) is 6.28. The summed E-state index contributed by atoms with van der Waals surface area (Å²) < 4.78 is 9.19. The molecule has 0 saturated heterocycles. The normalized spacial score (nSPS) is 14.4. The number of esters is 3. The van der Waals surface area contributed by atoms with Crippen LogP contribution in [0.2, 0.25) is 0 Å². The van der Waals surface area contributed by atoms with Crippen LogP contribution >= 0.6 is 11.8 Å². The van der Waals surface area contributed by atoms with Crippen LogP contribution in [0.15, 0.2) is 0 Å². The van der Waals surface area contributed by atoms with Gasteiger partial charge in [0.15, 0.2) is 0 Å². The molecule has 0 spiro atoms. The smallest absolute Gasteiger partial charge is 0.330 e. The molecule has 0 fully saturated rings. The lowest BCUT2D eigenvalue weighted by atomic mass is 10.1. The van der Waals surface area contributed by atoms with Crippen LogP contribution in [0.5, 0.6) is 0 Å². The topological polar surface area (TPSA) is 237 Å². The number of hydrogen-bond donors (Lipinski definition) is 6. The fourth-order valence-corrected chi connectivity index (χ4v) is 2.25. The van der Waals surface area contributed by atoms with Gasteiger partial charge in [0.1, 0.15) is 24.2 Å². The second kappa shape index (κ2) is 18.0. The number of carbonyl (C=O) groups is 4. The van der Waals surface area contributed by atoms with Gasteiger partial charge in [0, 0.05) is 0 Å². The Morgan fingerprint density at radius 1 is 0.967 bits per heavy atom. The molecule has 0 bridgehead atoms. The van der Waals surface area contributed by atoms with E-state index in [0.29, 0.717) is 19.4 Å². The molecule has 176 valence electrons. The van der Waals surface area contributed by atoms with Crippen LogP contribution in [0, 0.1) is 0 Å². The fraction of sp³-hybridized carbons (Fsp3) is 0.765. The highest BCUT2D eigenvalue weighted by atomic mass is 32.2. The van der Waals surface area contributed by atoms with E-state index in [1.54, 1.807) is 11.8 Å². The Kier molecular flexibility index (Phi) is 18.3. The van der Waals surface area contributed by atoms with Crippen molar-refractivity contribution in [1.29, 1.82) is 0 Å². The minimum Gasteiger partial charge on any atom is -0.480 e. The van der Waals surface area contributed by atoms with E-state index in [4.69, 9.17) is 38.5 Å². The number of carboxylic acids is 1. The molecule has 0 aromatic carbocycles. The summed E-state index contributed by atoms with van der Waals surface area (Å²) in [5.74, 6) is -2.56. The van der Waals surface area contributed by atoms with E-state index in [-0.39, 0.29) is 6.54 Å². The first-order chi connectivity index (χ1) is 14.0. The molecule has 0 amide bonds. The van der Waals surface area contributed by atoms with Crippen molar-refractivity contribution in [2.45, 2.75) is 56.8 Å². The van der Waals surface area contributed by atoms with E-state index >= 15 is 0 Å². The SMILES string of the molecule is CSCC[C@H](N)C(=O)O[C@H](C)[C@H](N)C(=O)O.NCCCC[C@H](N)C(=O)OC(=O)CN. The summed E-state index contributed by atoms with van der Waals surface area (Å²) in [5.41, 5.74) is 26.5. The Morgan fingerprint density at radius 2 is 1.53 bits per heavy atom. The van der Waals surface area contributed by atoms with Crippen molar-refractivity contribution >= 4 is 35.6 Å². The van der Waals surface area contributed by atoms with Gasteiger partial charge in [-0.1, -0.05) is 6.42 Å². The van der Waals surface area contributed by atoms with E-state index in [0.717, 1.165) is 18.6 Å². The summed E-state index contributed by atoms with van der Waals surface area (Å²) in [6.07, 6.45) is 3.52. The highest BCUT2D eigenvalue weighted by molar-refractivity contribution is 7.98. The molecule has 0 heterocycles. The number of nitrogens with two attached hydrogens (primary N) is 5. The van der Waals surface area contributed by atoms with Crippen molar-refractivity contribution in [3.63, 3.8) is 0 Å². The largest absolute Gasteiger partial charge is 0.480 e. The third kappa shape index (κ3) is 15.1. The maximum absolute atomic E-state index is 11.4. The van der Waals surface area contributed by atoms with Gasteiger partial charge in [-0.25, -0.2) is 4.79 Å². The Morgan fingerprint density at radius 3 is 2.00 bits per heavy atom. The average Bonchev–Trinajstić information content (AvgIpc) is 2.71. The zero-order chi connectivity index (χ0) is 23.7. The van der Waals surface area contributed by atoms with Gasteiger partial charge in [-0.05, 0) is 44.7 Å². The molecular formula is C17H35N5O7S. The van der Waals surface area contributed by atoms with Gasteiger partial charge in [-0.2, -0.15) is 11.8 Å². The molecule has 0 aliphatic carbocycles. The van der Waals surface area contributed by atoms with Crippen molar-refractivity contribution in [2.24, 2.45) is 28.7 Å². The third-order valence-electron chi connectivity index (χ3n) is 3.68. The fourth-order valence-electron chi connectivity index (χ4n) is 1.76. The van der Waals surface area contributed by atoms with E-state index in [1.807, 2.05) is 6.26 Å². The molecule has 11 N–H and O–H groups in total. The zero-order valence-electron chi connectivity index (χ0n) is 17.5. The van der Waals surface area contributed by atoms with Gasteiger partial charge in [-0.3, -0.25) is 14.4 Å². The van der Waals surface area contributed by atoms with Crippen molar-refractivity contribution in [3.05, 3.63) is 0 Å². The summed E-state index contributed by atoms with van der Waals surface area (Å²) in [4.78, 5) is 43.6. The first kappa shape index (κ1) is 30.4. The number of carbonyl (C=O) groups excluding carboxylic acids is 3. The Bertz CT molecular complexity index is 539. The summed E-state index contributed by atoms with van der Waals surface area (Å²) in [6.45, 7) is 1.67. The van der Waals surface area contributed by atoms with Crippen molar-refractivity contribution in [2.75, 3.05) is 25.1 Å². The van der Waals surface area contributed by atoms with E-state index in [2.05, 4.69) is 4.74 Å². The molecule has 0 unspecified atom stereocenters. The van der Waals surface area contributed by atoms with Crippen LogP contribution in [0.25, 0.3) is 0 Å². The van der Waals surface area contributed by atoms with Crippen molar-refractivity contribution < 1.29 is 33.8 Å². The zero-order valence-corrected chi connectivity index (χ0v) is 18.3. The lowest BCUT2D eigenvalue weighted by Crippen LogP contribution is -2.45. The van der Waals surface area contributed by atoms with Crippen LogP contribution in [-0.2, 0) is 28.7 Å². The number of unbranched alkanes of at least 4 members (excludes halogenated alkanes) is 1. The first-order valence-electron chi connectivity index (χ1n) is 9.35. The van der Waals surface area contributed by atoms with Crippen molar-refractivity contribution in [3.8, 4) is 0 Å². The van der Waals surface area contributed by atoms with Crippen LogP contribution < -0.4 is 28.7 Å². The summed E-state index contributed by atoms with van der Waals surface area (Å²) in [7, 11) is 0. The molecule has 30 heavy (non-hydrogen) atoms. The van der Waals surface area contributed by atoms with Gasteiger partial charge < -0.3 is 43.2 Å². The summed E-state index contributed by atoms with van der Waals surface area (Å²) in [5, 5.41) is 8.59. The lowest BCUT2D eigenvalue weighted by Gasteiger charge is -2.19. The molecule has 0 aromatic heterocycles. The standard InChI is InChI=1S/C9H18N2O4S.C8H17N3O3/c1-5(7(11)8(12)13)15-9(14)6(10)3-4-16-2;9-4-2-1-3-6(11)8(13)14-7(12)5-10/h5-7H,3-4,10-11H2,1-2H3,(H,12,13);6H,1-5,9-11H2/t5-,6+,7+;6-/m10/s1. The van der Waals surface area contributed by atoms with Gasteiger partial charge >= 0.3 is 23.9 Å². The number of ether oxygens (including phenoxy) is 2. The van der Waals surface area contributed by atoms with Crippen molar-refractivity contribution in [1.82, 2.24) is 0 Å². The number of hydrogen-bond acceptors (Lipinski definition) is 12. The highest BCUT2D eigenvalue weighted by Crippen LogP contribution is 2.04. The van der Waals surface area contributed by atoms with Crippen LogP contribution in [-0.4, -0.2) is 78.3 Å². The number of carboxylic acid groups (broad SMARTS) is 1. The summed E-state index contributed by atoms with van der Waals surface area (Å²) >= 11 is 1.57. The molecule has 0 aromatic rings. The highest BCUT2D eigenvalue weighted by Gasteiger charge is 2.25. The Hall–Kier alpha value is -1.77. The molecule has 0 aliphatic rings. The third-order valence-corrected chi connectivity index (χ3v) is 4.33. The molecule has 4 atom stereocenters. The molecule has 0 rings (SSSR count). The number of rotatable bonds is 13. The second-order valence-corrected chi connectivity index (χ2v) is 7.27. The van der Waals surface area contributed by atoms with Gasteiger partial charge in [0.05, 0.1) is 6.54 Å². The molecule has 13 heteroatoms. The molecule has 0 radical (unpaired) electrons. The van der Waals surface area contributed by atoms with E-state index in [1.165, 1.54) is 6.92 Å². The monoisotopic (exact) mass is 453 g/mol. The number of thioether (sulfide) groups is 1. The Balaban J connectivity index is 0. The average molecular weight is 454 g/mol. The maximum Gasteiger partial charge on any atom is 0.330 e. The van der Waals surface area contributed by atoms with Gasteiger partial charge in [0.25, 0.3) is 0 Å². The Labute approximate surface area is 180 Å². The van der Waals surface area contributed by atoms with E-state index < -0.39 is 48.1 Å².